The van der Waals surface area contributed by atoms with Gasteiger partial charge in [0.1, 0.15) is 11.3 Å². The lowest BCUT2D eigenvalue weighted by Crippen LogP contribution is -2.21. The first-order valence-electron chi connectivity index (χ1n) is 10.6. The van der Waals surface area contributed by atoms with Crippen LogP contribution in [0.4, 0.5) is 26.4 Å². The largest absolute Gasteiger partial charge is 0.379 e. The molecule has 1 saturated carbocycles. The second kappa shape index (κ2) is 8.55. The van der Waals surface area contributed by atoms with E-state index in [1.165, 1.54) is 6.42 Å². The molecule has 2 aliphatic rings. The molecule has 0 unspecified atom stereocenters. The maximum absolute atomic E-state index is 14.4. The first-order valence-corrected chi connectivity index (χ1v) is 11.0. The van der Waals surface area contributed by atoms with Crippen LogP contribution in [0.5, 0.6) is 0 Å². The van der Waals surface area contributed by atoms with Crippen LogP contribution in [-0.2, 0) is 4.74 Å². The smallest absolute Gasteiger partial charge is 0.225 e. The van der Waals surface area contributed by atoms with Crippen molar-refractivity contribution in [2.75, 3.05) is 23.8 Å². The van der Waals surface area contributed by atoms with Crippen molar-refractivity contribution in [3.8, 4) is 0 Å². The summed E-state index contributed by atoms with van der Waals surface area (Å²) in [5.74, 6) is -0.573. The second-order valence-corrected chi connectivity index (χ2v) is 8.48. The standard InChI is InChI=1S/C21H23ClF2N6O/c22-15-8-12(23)9-16(24)18(15)28-21-27-17-10-25-20(26-13-6-7-31-11-13)29-19(17)30(21)14-4-2-1-3-5-14/h8-10,13-14H,1-7,11H2,(H,27,28)(H,25,26,29)/t13-/m0/s1. The molecule has 1 atom stereocenters. The summed E-state index contributed by atoms with van der Waals surface area (Å²) in [6.07, 6.45) is 7.90. The fourth-order valence-corrected chi connectivity index (χ4v) is 4.58. The van der Waals surface area contributed by atoms with Crippen molar-refractivity contribution >= 4 is 40.3 Å². The number of halogens is 3. The third kappa shape index (κ3) is 4.16. The fourth-order valence-electron chi connectivity index (χ4n) is 4.34. The molecule has 2 aromatic heterocycles. The predicted molar refractivity (Wildman–Crippen MR) is 115 cm³/mol. The van der Waals surface area contributed by atoms with Gasteiger partial charge in [0.15, 0.2) is 11.5 Å². The number of fused-ring (bicyclic) bond motifs is 1. The zero-order valence-electron chi connectivity index (χ0n) is 16.9. The number of rotatable bonds is 5. The van der Waals surface area contributed by atoms with Crippen LogP contribution in [0, 0.1) is 11.6 Å². The number of aromatic nitrogens is 4. The lowest BCUT2D eigenvalue weighted by Gasteiger charge is -2.25. The Hall–Kier alpha value is -2.52. The zero-order chi connectivity index (χ0) is 21.4. The van der Waals surface area contributed by atoms with E-state index in [9.17, 15) is 8.78 Å². The van der Waals surface area contributed by atoms with E-state index in [-0.39, 0.29) is 22.8 Å². The van der Waals surface area contributed by atoms with E-state index in [4.69, 9.17) is 21.3 Å². The molecule has 164 valence electrons. The first kappa shape index (κ1) is 20.4. The van der Waals surface area contributed by atoms with Crippen molar-refractivity contribution in [2.24, 2.45) is 0 Å². The molecule has 3 aromatic rings. The van der Waals surface area contributed by atoms with Crippen LogP contribution in [0.25, 0.3) is 11.2 Å². The summed E-state index contributed by atoms with van der Waals surface area (Å²) >= 11 is 6.11. The van der Waals surface area contributed by atoms with Crippen LogP contribution in [0.2, 0.25) is 5.02 Å². The molecule has 0 radical (unpaired) electrons. The quantitative estimate of drug-likeness (QED) is 0.558. The maximum atomic E-state index is 14.4. The third-order valence-electron chi connectivity index (χ3n) is 5.88. The highest BCUT2D eigenvalue weighted by molar-refractivity contribution is 6.33. The molecule has 7 nitrogen and oxygen atoms in total. The highest BCUT2D eigenvalue weighted by Crippen LogP contribution is 2.36. The molecule has 2 fully saturated rings. The summed E-state index contributed by atoms with van der Waals surface area (Å²) < 4.78 is 35.4. The van der Waals surface area contributed by atoms with E-state index in [0.717, 1.165) is 50.8 Å². The van der Waals surface area contributed by atoms with Gasteiger partial charge in [0.2, 0.25) is 11.9 Å². The van der Waals surface area contributed by atoms with Gasteiger partial charge in [-0.2, -0.15) is 4.98 Å². The Morgan fingerprint density at radius 3 is 2.68 bits per heavy atom. The summed E-state index contributed by atoms with van der Waals surface area (Å²) in [4.78, 5) is 13.7. The van der Waals surface area contributed by atoms with Gasteiger partial charge in [-0.15, -0.1) is 0 Å². The van der Waals surface area contributed by atoms with E-state index in [1.807, 2.05) is 4.57 Å². The first-order chi connectivity index (χ1) is 15.1. The molecule has 5 rings (SSSR count). The van der Waals surface area contributed by atoms with Crippen LogP contribution in [0.1, 0.15) is 44.6 Å². The predicted octanol–water partition coefficient (Wildman–Crippen LogP) is 5.21. The minimum absolute atomic E-state index is 0.00940. The van der Waals surface area contributed by atoms with Crippen molar-refractivity contribution in [2.45, 2.75) is 50.6 Å². The van der Waals surface area contributed by atoms with Gasteiger partial charge in [-0.3, -0.25) is 4.57 Å². The molecular formula is C21H23ClF2N6O. The van der Waals surface area contributed by atoms with Gasteiger partial charge in [-0.1, -0.05) is 30.9 Å². The second-order valence-electron chi connectivity index (χ2n) is 8.07. The monoisotopic (exact) mass is 448 g/mol. The normalized spacial score (nSPS) is 19.8. The summed E-state index contributed by atoms with van der Waals surface area (Å²) in [5, 5.41) is 6.25. The zero-order valence-corrected chi connectivity index (χ0v) is 17.6. The van der Waals surface area contributed by atoms with Crippen molar-refractivity contribution in [1.29, 1.82) is 0 Å². The Kier molecular flexibility index (Phi) is 5.62. The molecule has 31 heavy (non-hydrogen) atoms. The highest BCUT2D eigenvalue weighted by atomic mass is 35.5. The molecule has 1 saturated heterocycles. The molecule has 2 N–H and O–H groups in total. The molecular weight excluding hydrogens is 426 g/mol. The molecule has 10 heteroatoms. The van der Waals surface area contributed by atoms with Crippen molar-refractivity contribution < 1.29 is 13.5 Å². The third-order valence-corrected chi connectivity index (χ3v) is 6.18. The van der Waals surface area contributed by atoms with Gasteiger partial charge in [0.25, 0.3) is 0 Å². The van der Waals surface area contributed by atoms with Gasteiger partial charge < -0.3 is 15.4 Å². The number of benzene rings is 1. The molecule has 3 heterocycles. The van der Waals surface area contributed by atoms with Gasteiger partial charge >= 0.3 is 0 Å². The van der Waals surface area contributed by atoms with Crippen LogP contribution in [0.3, 0.4) is 0 Å². The average Bonchev–Trinajstić information content (AvgIpc) is 3.38. The number of anilines is 3. The number of ether oxygens (including phenoxy) is 1. The summed E-state index contributed by atoms with van der Waals surface area (Å²) in [5.41, 5.74) is 1.26. The number of hydrogen-bond acceptors (Lipinski definition) is 6. The topological polar surface area (TPSA) is 76.9 Å². The Balaban J connectivity index is 1.56. The molecule has 1 aliphatic carbocycles. The van der Waals surface area contributed by atoms with Gasteiger partial charge in [-0.05, 0) is 25.3 Å². The van der Waals surface area contributed by atoms with Crippen LogP contribution >= 0.6 is 11.6 Å². The number of hydrogen-bond donors (Lipinski definition) is 2. The lowest BCUT2D eigenvalue weighted by molar-refractivity contribution is 0.195. The van der Waals surface area contributed by atoms with Gasteiger partial charge in [0, 0.05) is 18.7 Å². The number of imidazole rings is 1. The highest BCUT2D eigenvalue weighted by Gasteiger charge is 2.25. The molecule has 0 amide bonds. The Labute approximate surface area is 183 Å². The van der Waals surface area contributed by atoms with E-state index in [2.05, 4.69) is 20.6 Å². The Morgan fingerprint density at radius 2 is 1.94 bits per heavy atom. The maximum Gasteiger partial charge on any atom is 0.225 e. The van der Waals surface area contributed by atoms with Crippen molar-refractivity contribution in [3.63, 3.8) is 0 Å². The minimum Gasteiger partial charge on any atom is -0.379 e. The average molecular weight is 449 g/mol. The lowest BCUT2D eigenvalue weighted by atomic mass is 9.95. The molecule has 1 aromatic carbocycles. The summed E-state index contributed by atoms with van der Waals surface area (Å²) in [6.45, 7) is 1.34. The Morgan fingerprint density at radius 1 is 1.10 bits per heavy atom. The van der Waals surface area contributed by atoms with E-state index in [1.54, 1.807) is 6.20 Å². The van der Waals surface area contributed by atoms with Crippen molar-refractivity contribution in [3.05, 3.63) is 35.0 Å². The fraction of sp³-hybridized carbons (Fsp3) is 0.476. The van der Waals surface area contributed by atoms with E-state index >= 15 is 0 Å². The SMILES string of the molecule is Fc1cc(F)c(Nc2nc3cnc(N[C@H]4CCOC4)nc3n2C2CCCCC2)c(Cl)c1. The molecule has 1 aliphatic heterocycles. The molecule has 0 bridgehead atoms. The Bertz CT molecular complexity index is 1070. The van der Waals surface area contributed by atoms with E-state index in [0.29, 0.717) is 29.7 Å². The van der Waals surface area contributed by atoms with Gasteiger partial charge in [-0.25, -0.2) is 18.7 Å². The molecule has 0 spiro atoms. The van der Waals surface area contributed by atoms with E-state index < -0.39 is 11.6 Å². The number of nitrogens with one attached hydrogen (secondary N) is 2. The van der Waals surface area contributed by atoms with Crippen LogP contribution in [-0.4, -0.2) is 38.8 Å². The van der Waals surface area contributed by atoms with Crippen molar-refractivity contribution in [1.82, 2.24) is 19.5 Å². The summed E-state index contributed by atoms with van der Waals surface area (Å²) in [6, 6.07) is 2.22. The van der Waals surface area contributed by atoms with Crippen LogP contribution in [0.15, 0.2) is 18.3 Å². The summed E-state index contributed by atoms with van der Waals surface area (Å²) in [7, 11) is 0. The van der Waals surface area contributed by atoms with Gasteiger partial charge in [0.05, 0.1) is 29.6 Å². The minimum atomic E-state index is -0.776. The number of nitrogens with zero attached hydrogens (tertiary/aromatic N) is 4. The van der Waals surface area contributed by atoms with Crippen LogP contribution < -0.4 is 10.6 Å².